The summed E-state index contributed by atoms with van der Waals surface area (Å²) in [6.45, 7) is 4.25. The molecule has 24 heavy (non-hydrogen) atoms. The van der Waals surface area contributed by atoms with Crippen molar-refractivity contribution in [1.29, 1.82) is 0 Å². The van der Waals surface area contributed by atoms with Crippen LogP contribution in [0.15, 0.2) is 18.3 Å². The van der Waals surface area contributed by atoms with Gasteiger partial charge in [-0.1, -0.05) is 6.92 Å². The number of hydrogen-bond acceptors (Lipinski definition) is 4. The lowest BCUT2D eigenvalue weighted by Crippen LogP contribution is -2.61. The van der Waals surface area contributed by atoms with Crippen LogP contribution in [0.2, 0.25) is 0 Å². The lowest BCUT2D eigenvalue weighted by Gasteiger charge is -2.44. The first-order valence-electron chi connectivity index (χ1n) is 8.74. The third-order valence-electron chi connectivity index (χ3n) is 5.12. The smallest absolute Gasteiger partial charge is 0.273 e. The number of methoxy groups -OCH3 is 1. The van der Waals surface area contributed by atoms with Gasteiger partial charge in [0.25, 0.3) is 5.91 Å². The maximum atomic E-state index is 13.1. The second kappa shape index (κ2) is 6.79. The molecule has 0 saturated carbocycles. The molecule has 3 rings (SSSR count). The van der Waals surface area contributed by atoms with Crippen LogP contribution in [-0.4, -0.2) is 58.9 Å². The Labute approximate surface area is 142 Å². The van der Waals surface area contributed by atoms with Gasteiger partial charge in [-0.05, 0) is 38.2 Å². The van der Waals surface area contributed by atoms with Gasteiger partial charge in [0.05, 0.1) is 7.11 Å². The molecule has 0 aliphatic carbocycles. The highest BCUT2D eigenvalue weighted by Gasteiger charge is 2.52. The maximum Gasteiger partial charge on any atom is 0.273 e. The Morgan fingerprint density at radius 3 is 2.79 bits per heavy atom. The van der Waals surface area contributed by atoms with Crippen LogP contribution in [0.25, 0.3) is 0 Å². The highest BCUT2D eigenvalue weighted by molar-refractivity contribution is 5.99. The largest absolute Gasteiger partial charge is 0.497 e. The topological polar surface area (TPSA) is 62.7 Å². The Hall–Kier alpha value is -2.11. The van der Waals surface area contributed by atoms with Crippen molar-refractivity contribution in [1.82, 2.24) is 14.8 Å². The standard InChI is InChI=1S/C18H25N3O3/c1-3-10-20-11-4-7-18(17(20)23)8-5-12-21(18)16(22)15-13-14(24-2)6-9-19-15/h6,9,13H,3-5,7-8,10-12H2,1-2H3. The van der Waals surface area contributed by atoms with E-state index in [1.54, 1.807) is 30.3 Å². The third-order valence-corrected chi connectivity index (χ3v) is 5.12. The van der Waals surface area contributed by atoms with Crippen LogP contribution in [0.1, 0.15) is 49.5 Å². The van der Waals surface area contributed by atoms with Gasteiger partial charge < -0.3 is 14.5 Å². The molecule has 1 aromatic heterocycles. The summed E-state index contributed by atoms with van der Waals surface area (Å²) in [6, 6.07) is 3.36. The van der Waals surface area contributed by atoms with Crippen molar-refractivity contribution in [2.24, 2.45) is 0 Å². The molecule has 6 heteroatoms. The van der Waals surface area contributed by atoms with E-state index in [-0.39, 0.29) is 11.8 Å². The minimum atomic E-state index is -0.671. The molecule has 0 N–H and O–H groups in total. The molecular weight excluding hydrogens is 306 g/mol. The monoisotopic (exact) mass is 331 g/mol. The molecule has 0 radical (unpaired) electrons. The number of amides is 2. The van der Waals surface area contributed by atoms with Crippen LogP contribution in [-0.2, 0) is 4.79 Å². The third kappa shape index (κ3) is 2.74. The molecular formula is C18H25N3O3. The number of hydrogen-bond donors (Lipinski definition) is 0. The number of pyridine rings is 1. The SMILES string of the molecule is CCCN1CCCC2(CCCN2C(=O)c2cc(OC)ccn2)C1=O. The van der Waals surface area contributed by atoms with Crippen molar-refractivity contribution in [3.05, 3.63) is 24.0 Å². The Morgan fingerprint density at radius 2 is 2.08 bits per heavy atom. The zero-order valence-corrected chi connectivity index (χ0v) is 14.5. The number of likely N-dealkylation sites (tertiary alicyclic amines) is 2. The van der Waals surface area contributed by atoms with Crippen LogP contribution in [0.5, 0.6) is 5.75 Å². The molecule has 2 aliphatic rings. The first-order valence-corrected chi connectivity index (χ1v) is 8.74. The molecule has 2 aliphatic heterocycles. The summed E-state index contributed by atoms with van der Waals surface area (Å²) in [5, 5.41) is 0. The van der Waals surface area contributed by atoms with E-state index in [9.17, 15) is 9.59 Å². The molecule has 1 unspecified atom stereocenters. The molecule has 1 atom stereocenters. The molecule has 1 spiro atoms. The number of piperidine rings is 1. The zero-order valence-electron chi connectivity index (χ0n) is 14.5. The van der Waals surface area contributed by atoms with Gasteiger partial charge in [0.15, 0.2) is 0 Å². The fourth-order valence-electron chi connectivity index (χ4n) is 4.00. The van der Waals surface area contributed by atoms with Gasteiger partial charge >= 0.3 is 0 Å². The normalized spacial score (nSPS) is 23.8. The van der Waals surface area contributed by atoms with Crippen molar-refractivity contribution < 1.29 is 14.3 Å². The summed E-state index contributed by atoms with van der Waals surface area (Å²) in [5.74, 6) is 0.548. The lowest BCUT2D eigenvalue weighted by atomic mass is 9.85. The Kier molecular flexibility index (Phi) is 4.73. The van der Waals surface area contributed by atoms with E-state index in [0.717, 1.165) is 45.2 Å². The lowest BCUT2D eigenvalue weighted by molar-refractivity contribution is -0.145. The number of carbonyl (C=O) groups excluding carboxylic acids is 2. The quantitative estimate of drug-likeness (QED) is 0.847. The molecule has 130 valence electrons. The van der Waals surface area contributed by atoms with Gasteiger partial charge in [-0.15, -0.1) is 0 Å². The van der Waals surface area contributed by atoms with Gasteiger partial charge in [0, 0.05) is 31.9 Å². The Balaban J connectivity index is 1.89. The number of rotatable bonds is 4. The van der Waals surface area contributed by atoms with Gasteiger partial charge in [0.2, 0.25) is 5.91 Å². The van der Waals surface area contributed by atoms with Crippen molar-refractivity contribution >= 4 is 11.8 Å². The first kappa shape index (κ1) is 16.7. The minimum absolute atomic E-state index is 0.115. The fourth-order valence-corrected chi connectivity index (χ4v) is 4.00. The van der Waals surface area contributed by atoms with E-state index >= 15 is 0 Å². The molecule has 3 heterocycles. The predicted octanol–water partition coefficient (Wildman–Crippen LogP) is 2.10. The van der Waals surface area contributed by atoms with Crippen LogP contribution >= 0.6 is 0 Å². The van der Waals surface area contributed by atoms with Crippen LogP contribution < -0.4 is 4.74 Å². The van der Waals surface area contributed by atoms with Crippen molar-refractivity contribution in [3.8, 4) is 5.75 Å². The van der Waals surface area contributed by atoms with Gasteiger partial charge in [-0.25, -0.2) is 0 Å². The van der Waals surface area contributed by atoms with E-state index in [0.29, 0.717) is 18.0 Å². The highest BCUT2D eigenvalue weighted by Crippen LogP contribution is 2.39. The molecule has 2 fully saturated rings. The maximum absolute atomic E-state index is 13.1. The van der Waals surface area contributed by atoms with Crippen LogP contribution in [0.4, 0.5) is 0 Å². The average Bonchev–Trinajstić information content (AvgIpc) is 3.03. The van der Waals surface area contributed by atoms with Crippen molar-refractivity contribution in [3.63, 3.8) is 0 Å². The Morgan fingerprint density at radius 1 is 1.33 bits per heavy atom. The summed E-state index contributed by atoms with van der Waals surface area (Å²) in [5.41, 5.74) is -0.328. The second-order valence-electron chi connectivity index (χ2n) is 6.57. The zero-order chi connectivity index (χ0) is 17.2. The number of carbonyl (C=O) groups is 2. The van der Waals surface area contributed by atoms with Crippen LogP contribution in [0.3, 0.4) is 0 Å². The van der Waals surface area contributed by atoms with E-state index in [1.165, 1.54) is 0 Å². The molecule has 6 nitrogen and oxygen atoms in total. The molecule has 0 bridgehead atoms. The van der Waals surface area contributed by atoms with E-state index in [2.05, 4.69) is 11.9 Å². The summed E-state index contributed by atoms with van der Waals surface area (Å²) < 4.78 is 5.19. The molecule has 1 aromatic rings. The minimum Gasteiger partial charge on any atom is -0.497 e. The summed E-state index contributed by atoms with van der Waals surface area (Å²) in [7, 11) is 1.56. The highest BCUT2D eigenvalue weighted by atomic mass is 16.5. The predicted molar refractivity (Wildman–Crippen MR) is 89.9 cm³/mol. The molecule has 2 amide bonds. The van der Waals surface area contributed by atoms with Crippen LogP contribution in [0, 0.1) is 0 Å². The van der Waals surface area contributed by atoms with Gasteiger partial charge in [-0.2, -0.15) is 0 Å². The van der Waals surface area contributed by atoms with E-state index < -0.39 is 5.54 Å². The fraction of sp³-hybridized carbons (Fsp3) is 0.611. The van der Waals surface area contributed by atoms with Gasteiger partial charge in [-0.3, -0.25) is 14.6 Å². The van der Waals surface area contributed by atoms with Crippen molar-refractivity contribution in [2.75, 3.05) is 26.7 Å². The molecule has 0 aromatic carbocycles. The number of aromatic nitrogens is 1. The number of nitrogens with zero attached hydrogens (tertiary/aromatic N) is 3. The first-order chi connectivity index (χ1) is 11.6. The summed E-state index contributed by atoms with van der Waals surface area (Å²) >= 11 is 0. The summed E-state index contributed by atoms with van der Waals surface area (Å²) in [6.07, 6.45) is 5.82. The average molecular weight is 331 g/mol. The van der Waals surface area contributed by atoms with Gasteiger partial charge in [0.1, 0.15) is 17.0 Å². The number of ether oxygens (including phenoxy) is 1. The summed E-state index contributed by atoms with van der Waals surface area (Å²) in [4.78, 5) is 34.0. The van der Waals surface area contributed by atoms with Crippen molar-refractivity contribution in [2.45, 2.75) is 44.6 Å². The second-order valence-corrected chi connectivity index (χ2v) is 6.57. The Bertz CT molecular complexity index is 632. The van der Waals surface area contributed by atoms with E-state index in [1.807, 2.05) is 4.90 Å². The van der Waals surface area contributed by atoms with E-state index in [4.69, 9.17) is 4.74 Å². The molecule has 2 saturated heterocycles.